The topological polar surface area (TPSA) is 41.6 Å². The lowest BCUT2D eigenvalue weighted by Crippen LogP contribution is -2.48. The van der Waals surface area contributed by atoms with E-state index in [0.29, 0.717) is 12.0 Å². The molecule has 2 atom stereocenters. The van der Waals surface area contributed by atoms with Gasteiger partial charge in [-0.25, -0.2) is 4.79 Å². The number of amides is 1. The molecule has 0 aromatic rings. The third kappa shape index (κ3) is 4.48. The first kappa shape index (κ1) is 15.3. The van der Waals surface area contributed by atoms with E-state index in [1.54, 1.807) is 0 Å². The summed E-state index contributed by atoms with van der Waals surface area (Å²) in [6.07, 6.45) is 3.20. The van der Waals surface area contributed by atoms with Crippen LogP contribution in [0, 0.1) is 5.92 Å². The van der Waals surface area contributed by atoms with Crippen LogP contribution in [0.25, 0.3) is 0 Å². The molecule has 1 aliphatic heterocycles. The molecular formula is C14H28N2O2. The molecule has 1 amide bonds. The molecule has 1 rings (SSSR count). The Morgan fingerprint density at radius 2 is 2.17 bits per heavy atom. The van der Waals surface area contributed by atoms with E-state index in [-0.39, 0.29) is 6.09 Å². The van der Waals surface area contributed by atoms with Crippen molar-refractivity contribution in [1.82, 2.24) is 10.2 Å². The predicted octanol–water partition coefficient (Wildman–Crippen LogP) is 2.63. The zero-order valence-corrected chi connectivity index (χ0v) is 12.5. The third-order valence-electron chi connectivity index (χ3n) is 3.49. The molecule has 4 heteroatoms. The normalized spacial score (nSPS) is 22.7. The quantitative estimate of drug-likeness (QED) is 0.844. The maximum atomic E-state index is 12.0. The Morgan fingerprint density at radius 3 is 2.67 bits per heavy atom. The van der Waals surface area contributed by atoms with Crippen LogP contribution in [0.5, 0.6) is 0 Å². The number of likely N-dealkylation sites (tertiary alicyclic amines) is 1. The second-order valence-corrected chi connectivity index (χ2v) is 6.13. The van der Waals surface area contributed by atoms with Gasteiger partial charge in [-0.15, -0.1) is 0 Å². The Hall–Kier alpha value is -0.770. The largest absolute Gasteiger partial charge is 0.444 e. The third-order valence-corrected chi connectivity index (χ3v) is 3.49. The summed E-state index contributed by atoms with van der Waals surface area (Å²) in [6, 6.07) is 0.496. The van der Waals surface area contributed by atoms with Gasteiger partial charge in [0, 0.05) is 19.1 Å². The summed E-state index contributed by atoms with van der Waals surface area (Å²) in [6.45, 7) is 9.56. The van der Waals surface area contributed by atoms with Gasteiger partial charge in [-0.2, -0.15) is 0 Å². The lowest BCUT2D eigenvalue weighted by atomic mass is 9.89. The molecule has 1 N–H and O–H groups in total. The van der Waals surface area contributed by atoms with Gasteiger partial charge < -0.3 is 15.0 Å². The van der Waals surface area contributed by atoms with Crippen LogP contribution in [-0.2, 0) is 4.74 Å². The standard InChI is InChI=1S/C14H28N2O2/c1-6-12(15-5)11-8-7-9-16(10-11)13(17)18-14(2,3)4/h11-12,15H,6-10H2,1-5H3. The Balaban J connectivity index is 2.55. The SMILES string of the molecule is CCC(NC)C1CCCN(C(=O)OC(C)(C)C)C1. The Labute approximate surface area is 111 Å². The van der Waals surface area contributed by atoms with Gasteiger partial charge in [0.05, 0.1) is 0 Å². The van der Waals surface area contributed by atoms with Crippen molar-refractivity contribution in [2.45, 2.75) is 58.6 Å². The summed E-state index contributed by atoms with van der Waals surface area (Å²) in [5.74, 6) is 0.543. The molecule has 1 fully saturated rings. The summed E-state index contributed by atoms with van der Waals surface area (Å²) in [5, 5.41) is 3.35. The minimum absolute atomic E-state index is 0.168. The first-order valence-corrected chi connectivity index (χ1v) is 7.02. The van der Waals surface area contributed by atoms with E-state index in [4.69, 9.17) is 4.74 Å². The van der Waals surface area contributed by atoms with Crippen LogP contribution in [-0.4, -0.2) is 42.8 Å². The molecule has 0 aromatic carbocycles. The average Bonchev–Trinajstić information content (AvgIpc) is 2.29. The molecule has 0 radical (unpaired) electrons. The first-order chi connectivity index (χ1) is 8.37. The monoisotopic (exact) mass is 256 g/mol. The predicted molar refractivity (Wildman–Crippen MR) is 73.7 cm³/mol. The number of carbonyl (C=O) groups is 1. The van der Waals surface area contributed by atoms with Crippen LogP contribution >= 0.6 is 0 Å². The van der Waals surface area contributed by atoms with Crippen molar-refractivity contribution in [3.8, 4) is 0 Å². The molecule has 0 aromatic heterocycles. The molecule has 0 bridgehead atoms. The van der Waals surface area contributed by atoms with Crippen molar-refractivity contribution < 1.29 is 9.53 Å². The van der Waals surface area contributed by atoms with Gasteiger partial charge in [-0.1, -0.05) is 6.92 Å². The van der Waals surface area contributed by atoms with Gasteiger partial charge in [0.2, 0.25) is 0 Å². The molecule has 1 aliphatic rings. The van der Waals surface area contributed by atoms with Gasteiger partial charge in [0.1, 0.15) is 5.60 Å². The highest BCUT2D eigenvalue weighted by atomic mass is 16.6. The second kappa shape index (κ2) is 6.41. The molecule has 1 heterocycles. The zero-order valence-electron chi connectivity index (χ0n) is 12.5. The van der Waals surface area contributed by atoms with Crippen molar-refractivity contribution in [2.75, 3.05) is 20.1 Å². The van der Waals surface area contributed by atoms with Crippen LogP contribution in [0.2, 0.25) is 0 Å². The lowest BCUT2D eigenvalue weighted by molar-refractivity contribution is 0.0145. The Bertz CT molecular complexity index is 269. The van der Waals surface area contributed by atoms with Gasteiger partial charge in [0.15, 0.2) is 0 Å². The molecule has 0 spiro atoms. The van der Waals surface area contributed by atoms with Gasteiger partial charge in [-0.3, -0.25) is 0 Å². The van der Waals surface area contributed by atoms with E-state index in [1.165, 1.54) is 6.42 Å². The summed E-state index contributed by atoms with van der Waals surface area (Å²) in [7, 11) is 2.00. The number of rotatable bonds is 3. The number of nitrogens with one attached hydrogen (secondary N) is 1. The fourth-order valence-corrected chi connectivity index (χ4v) is 2.60. The highest BCUT2D eigenvalue weighted by Gasteiger charge is 2.30. The maximum Gasteiger partial charge on any atom is 0.410 e. The summed E-state index contributed by atoms with van der Waals surface area (Å²) in [5.41, 5.74) is -0.406. The van der Waals surface area contributed by atoms with E-state index in [9.17, 15) is 4.79 Å². The first-order valence-electron chi connectivity index (χ1n) is 7.02. The summed E-state index contributed by atoms with van der Waals surface area (Å²) >= 11 is 0. The van der Waals surface area contributed by atoms with Gasteiger partial charge in [0.25, 0.3) is 0 Å². The number of hydrogen-bond donors (Lipinski definition) is 1. The molecule has 1 saturated heterocycles. The summed E-state index contributed by atoms with van der Waals surface area (Å²) < 4.78 is 5.44. The van der Waals surface area contributed by atoms with E-state index in [0.717, 1.165) is 25.9 Å². The van der Waals surface area contributed by atoms with E-state index < -0.39 is 5.60 Å². The van der Waals surface area contributed by atoms with Crippen molar-refractivity contribution in [3.63, 3.8) is 0 Å². The fraction of sp³-hybridized carbons (Fsp3) is 0.929. The number of carbonyl (C=O) groups excluding carboxylic acids is 1. The molecule has 0 saturated carbocycles. The van der Waals surface area contributed by atoms with Gasteiger partial charge in [-0.05, 0) is 53.0 Å². The number of nitrogens with zero attached hydrogens (tertiary/aromatic N) is 1. The average molecular weight is 256 g/mol. The smallest absolute Gasteiger partial charge is 0.410 e. The number of ether oxygens (including phenoxy) is 1. The fourth-order valence-electron chi connectivity index (χ4n) is 2.60. The van der Waals surface area contributed by atoms with Crippen molar-refractivity contribution in [2.24, 2.45) is 5.92 Å². The number of hydrogen-bond acceptors (Lipinski definition) is 3. The van der Waals surface area contributed by atoms with E-state index in [2.05, 4.69) is 12.2 Å². The molecule has 0 aliphatic carbocycles. The van der Waals surface area contributed by atoms with Gasteiger partial charge >= 0.3 is 6.09 Å². The molecule has 4 nitrogen and oxygen atoms in total. The minimum Gasteiger partial charge on any atom is -0.444 e. The number of piperidine rings is 1. The molecule has 106 valence electrons. The lowest BCUT2D eigenvalue weighted by Gasteiger charge is -2.37. The Kier molecular flexibility index (Phi) is 5.45. The van der Waals surface area contributed by atoms with Crippen molar-refractivity contribution in [3.05, 3.63) is 0 Å². The van der Waals surface area contributed by atoms with Crippen LogP contribution in [0.1, 0.15) is 47.0 Å². The molecular weight excluding hydrogens is 228 g/mol. The van der Waals surface area contributed by atoms with Crippen LogP contribution < -0.4 is 5.32 Å². The van der Waals surface area contributed by atoms with E-state index >= 15 is 0 Å². The van der Waals surface area contributed by atoms with Crippen molar-refractivity contribution in [1.29, 1.82) is 0 Å². The van der Waals surface area contributed by atoms with Crippen LogP contribution in [0.4, 0.5) is 4.79 Å². The zero-order chi connectivity index (χ0) is 13.8. The highest BCUT2D eigenvalue weighted by Crippen LogP contribution is 2.23. The molecule has 2 unspecified atom stereocenters. The minimum atomic E-state index is -0.406. The summed E-state index contributed by atoms with van der Waals surface area (Å²) in [4.78, 5) is 13.9. The maximum absolute atomic E-state index is 12.0. The van der Waals surface area contributed by atoms with Crippen molar-refractivity contribution >= 4 is 6.09 Å². The Morgan fingerprint density at radius 1 is 1.50 bits per heavy atom. The van der Waals surface area contributed by atoms with Crippen LogP contribution in [0.15, 0.2) is 0 Å². The second-order valence-electron chi connectivity index (χ2n) is 6.13. The highest BCUT2D eigenvalue weighted by molar-refractivity contribution is 5.68. The van der Waals surface area contributed by atoms with Crippen LogP contribution in [0.3, 0.4) is 0 Å². The molecule has 18 heavy (non-hydrogen) atoms. The van der Waals surface area contributed by atoms with E-state index in [1.807, 2.05) is 32.7 Å².